The lowest BCUT2D eigenvalue weighted by molar-refractivity contribution is 0.102. The Morgan fingerprint density at radius 2 is 1.78 bits per heavy atom. The van der Waals surface area contributed by atoms with Gasteiger partial charge in [-0.25, -0.2) is 9.79 Å². The largest absolute Gasteiger partial charge is 0.497 e. The van der Waals surface area contributed by atoms with Crippen molar-refractivity contribution in [3.8, 4) is 17.2 Å². The molecule has 1 N–H and O–H groups in total. The number of rotatable bonds is 8. The number of aliphatic imine (C=N–C) groups is 1. The minimum atomic E-state index is -0.362. The van der Waals surface area contributed by atoms with Gasteiger partial charge >= 0.3 is 6.09 Å². The zero-order valence-corrected chi connectivity index (χ0v) is 22.0. The molecule has 37 heavy (non-hydrogen) atoms. The molecule has 10 heteroatoms. The lowest BCUT2D eigenvalue weighted by atomic mass is 10.0. The number of anilines is 1. The number of thiophene rings is 1. The van der Waals surface area contributed by atoms with Crippen molar-refractivity contribution in [3.05, 3.63) is 64.0 Å². The van der Waals surface area contributed by atoms with Crippen LogP contribution in [0.25, 0.3) is 0 Å². The fraction of sp³-hybridized carbons (Fsp3) is 0.296. The molecule has 0 saturated carbocycles. The Bertz CT molecular complexity index is 1300. The van der Waals surface area contributed by atoms with Gasteiger partial charge in [0.05, 0.1) is 45.7 Å². The van der Waals surface area contributed by atoms with E-state index >= 15 is 0 Å². The summed E-state index contributed by atoms with van der Waals surface area (Å²) in [5.41, 5.74) is 2.76. The van der Waals surface area contributed by atoms with Crippen LogP contribution in [-0.4, -0.2) is 57.6 Å². The Morgan fingerprint density at radius 1 is 1.05 bits per heavy atom. The lowest BCUT2D eigenvalue weighted by Gasteiger charge is -2.26. The maximum Gasteiger partial charge on any atom is 0.410 e. The first-order valence-corrected chi connectivity index (χ1v) is 12.6. The monoisotopic (exact) mass is 523 g/mol. The zero-order valence-electron chi connectivity index (χ0n) is 21.2. The molecule has 0 unspecified atom stereocenters. The third kappa shape index (κ3) is 5.86. The molecule has 4 rings (SSSR count). The summed E-state index contributed by atoms with van der Waals surface area (Å²) in [6, 6.07) is 12.7. The number of carbonyl (C=O) groups is 2. The van der Waals surface area contributed by atoms with Crippen LogP contribution in [0.5, 0.6) is 17.2 Å². The highest BCUT2D eigenvalue weighted by Gasteiger charge is 2.30. The fourth-order valence-corrected chi connectivity index (χ4v) is 5.20. The third-order valence-electron chi connectivity index (χ3n) is 5.89. The van der Waals surface area contributed by atoms with Gasteiger partial charge < -0.3 is 29.2 Å². The van der Waals surface area contributed by atoms with Crippen molar-refractivity contribution in [3.63, 3.8) is 0 Å². The van der Waals surface area contributed by atoms with Crippen molar-refractivity contribution in [2.24, 2.45) is 4.99 Å². The lowest BCUT2D eigenvalue weighted by Crippen LogP contribution is -2.36. The normalized spacial score (nSPS) is 12.7. The maximum absolute atomic E-state index is 13.6. The van der Waals surface area contributed by atoms with Crippen LogP contribution in [-0.2, 0) is 17.7 Å². The van der Waals surface area contributed by atoms with Crippen LogP contribution in [0.15, 0.2) is 47.5 Å². The SMILES string of the molecule is CCOC(=O)N1CCc2c(sc(/N=C/c3ccc(OC)cc3)c2C(=O)Nc2ccc(OC)cc2OC)C1. The van der Waals surface area contributed by atoms with E-state index in [1.54, 1.807) is 50.5 Å². The van der Waals surface area contributed by atoms with E-state index in [2.05, 4.69) is 10.3 Å². The van der Waals surface area contributed by atoms with Crippen molar-refractivity contribution in [1.82, 2.24) is 4.90 Å². The minimum absolute atomic E-state index is 0.299. The molecule has 9 nitrogen and oxygen atoms in total. The molecule has 2 aromatic carbocycles. The minimum Gasteiger partial charge on any atom is -0.497 e. The maximum atomic E-state index is 13.6. The number of fused-ring (bicyclic) bond motifs is 1. The first kappa shape index (κ1) is 26.0. The Kier molecular flexibility index (Phi) is 8.29. The molecule has 0 saturated heterocycles. The quantitative estimate of drug-likeness (QED) is 0.403. The summed E-state index contributed by atoms with van der Waals surface area (Å²) < 4.78 is 21.1. The van der Waals surface area contributed by atoms with Crippen molar-refractivity contribution >= 4 is 40.2 Å². The van der Waals surface area contributed by atoms with Crippen LogP contribution in [0.2, 0.25) is 0 Å². The van der Waals surface area contributed by atoms with Gasteiger partial charge in [0.2, 0.25) is 0 Å². The molecule has 0 atom stereocenters. The number of nitrogens with zero attached hydrogens (tertiary/aromatic N) is 2. The zero-order chi connectivity index (χ0) is 26.4. The number of methoxy groups -OCH3 is 3. The first-order valence-electron chi connectivity index (χ1n) is 11.7. The second-order valence-electron chi connectivity index (χ2n) is 8.11. The van der Waals surface area contributed by atoms with Gasteiger partial charge in [-0.05, 0) is 60.9 Å². The smallest absolute Gasteiger partial charge is 0.410 e. The van der Waals surface area contributed by atoms with E-state index in [1.807, 2.05) is 24.3 Å². The molecular weight excluding hydrogens is 494 g/mol. The van der Waals surface area contributed by atoms with Gasteiger partial charge in [-0.15, -0.1) is 11.3 Å². The van der Waals surface area contributed by atoms with E-state index in [-0.39, 0.29) is 12.0 Å². The van der Waals surface area contributed by atoms with Gasteiger partial charge in [-0.2, -0.15) is 0 Å². The molecule has 0 fully saturated rings. The summed E-state index contributed by atoms with van der Waals surface area (Å²) in [6.07, 6.45) is 1.87. The predicted molar refractivity (Wildman–Crippen MR) is 143 cm³/mol. The topological polar surface area (TPSA) is 98.7 Å². The van der Waals surface area contributed by atoms with Crippen molar-refractivity contribution < 1.29 is 28.5 Å². The average Bonchev–Trinajstić information content (AvgIpc) is 3.30. The van der Waals surface area contributed by atoms with Crippen molar-refractivity contribution in [2.75, 3.05) is 39.8 Å². The highest BCUT2D eigenvalue weighted by atomic mass is 32.1. The molecule has 3 aromatic rings. The van der Waals surface area contributed by atoms with Crippen molar-refractivity contribution in [1.29, 1.82) is 0 Å². The second kappa shape index (κ2) is 11.8. The molecule has 2 heterocycles. The van der Waals surface area contributed by atoms with Crippen LogP contribution < -0.4 is 19.5 Å². The van der Waals surface area contributed by atoms with Crippen LogP contribution in [0.1, 0.15) is 33.3 Å². The number of amides is 2. The third-order valence-corrected chi connectivity index (χ3v) is 7.02. The highest BCUT2D eigenvalue weighted by molar-refractivity contribution is 7.16. The number of nitrogens with one attached hydrogen (secondary N) is 1. The predicted octanol–water partition coefficient (Wildman–Crippen LogP) is 5.29. The van der Waals surface area contributed by atoms with E-state index in [0.29, 0.717) is 53.9 Å². The van der Waals surface area contributed by atoms with Crippen LogP contribution in [0.3, 0.4) is 0 Å². The standard InChI is InChI=1S/C27H29N3O6S/c1-5-36-27(32)30-13-12-20-23(16-30)37-26(28-15-17-6-8-18(33-2)9-7-17)24(20)25(31)29-21-11-10-19(34-3)14-22(21)35-4/h6-11,14-15H,5,12-13,16H2,1-4H3,(H,29,31)/b28-15+. The van der Waals surface area contributed by atoms with Gasteiger partial charge in [0.25, 0.3) is 5.91 Å². The van der Waals surface area contributed by atoms with Gasteiger partial charge in [0, 0.05) is 23.7 Å². The molecule has 0 bridgehead atoms. The number of benzene rings is 2. The molecular formula is C27H29N3O6S. The molecule has 0 aliphatic carbocycles. The summed E-state index contributed by atoms with van der Waals surface area (Å²) in [5.74, 6) is 1.55. The van der Waals surface area contributed by atoms with E-state index in [9.17, 15) is 9.59 Å². The van der Waals surface area contributed by atoms with E-state index < -0.39 is 0 Å². The summed E-state index contributed by atoms with van der Waals surface area (Å²) in [7, 11) is 4.71. The second-order valence-corrected chi connectivity index (χ2v) is 9.19. The summed E-state index contributed by atoms with van der Waals surface area (Å²) in [5, 5.41) is 3.53. The summed E-state index contributed by atoms with van der Waals surface area (Å²) >= 11 is 1.40. The summed E-state index contributed by atoms with van der Waals surface area (Å²) in [6.45, 7) is 2.90. The molecule has 0 radical (unpaired) electrons. The molecule has 1 aliphatic heterocycles. The number of carbonyl (C=O) groups excluding carboxylic acids is 2. The van der Waals surface area contributed by atoms with Gasteiger partial charge in [0.15, 0.2) is 0 Å². The van der Waals surface area contributed by atoms with Gasteiger partial charge in [-0.1, -0.05) is 0 Å². The van der Waals surface area contributed by atoms with Crippen LogP contribution in [0, 0.1) is 0 Å². The highest BCUT2D eigenvalue weighted by Crippen LogP contribution is 2.40. The van der Waals surface area contributed by atoms with E-state index in [1.165, 1.54) is 18.4 Å². The fourth-order valence-electron chi connectivity index (χ4n) is 3.99. The Labute approximate surface area is 219 Å². The molecule has 194 valence electrons. The molecule has 1 aliphatic rings. The van der Waals surface area contributed by atoms with Crippen LogP contribution in [0.4, 0.5) is 15.5 Å². The van der Waals surface area contributed by atoms with Gasteiger partial charge in [-0.3, -0.25) is 4.79 Å². The Hall–Kier alpha value is -4.05. The number of hydrogen-bond acceptors (Lipinski definition) is 8. The van der Waals surface area contributed by atoms with Crippen LogP contribution >= 0.6 is 11.3 Å². The molecule has 2 amide bonds. The van der Waals surface area contributed by atoms with Crippen molar-refractivity contribution in [2.45, 2.75) is 19.9 Å². The van der Waals surface area contributed by atoms with E-state index in [4.69, 9.17) is 18.9 Å². The Morgan fingerprint density at radius 3 is 2.46 bits per heavy atom. The number of hydrogen-bond donors (Lipinski definition) is 1. The first-order chi connectivity index (χ1) is 18.0. The summed E-state index contributed by atoms with van der Waals surface area (Å²) in [4.78, 5) is 33.2. The Balaban J connectivity index is 1.68. The molecule has 0 spiro atoms. The molecule has 1 aromatic heterocycles. The number of ether oxygens (including phenoxy) is 4. The van der Waals surface area contributed by atoms with E-state index in [0.717, 1.165) is 21.8 Å². The average molecular weight is 524 g/mol. The van der Waals surface area contributed by atoms with Gasteiger partial charge in [0.1, 0.15) is 22.2 Å².